The summed E-state index contributed by atoms with van der Waals surface area (Å²) in [5, 5.41) is 4.75. The van der Waals surface area contributed by atoms with Gasteiger partial charge < -0.3 is 0 Å². The maximum Gasteiger partial charge on any atom is 0.154 e. The Morgan fingerprint density at radius 3 is 2.18 bits per heavy atom. The van der Waals surface area contributed by atoms with Crippen LogP contribution in [0, 0.1) is 6.92 Å². The van der Waals surface area contributed by atoms with E-state index in [4.69, 9.17) is 11.6 Å². The van der Waals surface area contributed by atoms with Crippen LogP contribution in [0.4, 0.5) is 0 Å². The van der Waals surface area contributed by atoms with Gasteiger partial charge in [0.05, 0.1) is 0 Å². The lowest BCUT2D eigenvalue weighted by Crippen LogP contribution is -1.94. The quantitative estimate of drug-likeness (QED) is 0.637. The summed E-state index contributed by atoms with van der Waals surface area (Å²) < 4.78 is 1.82. The van der Waals surface area contributed by atoms with Crippen molar-refractivity contribution in [2.75, 3.05) is 0 Å². The molecule has 0 aromatic carbocycles. The monoisotopic (exact) mass is 172 g/mol. The summed E-state index contributed by atoms with van der Waals surface area (Å²) in [6.45, 7) is 6.28. The van der Waals surface area contributed by atoms with Gasteiger partial charge in [0.15, 0.2) is 5.15 Å². The second-order valence-corrected chi connectivity index (χ2v) is 3.43. The van der Waals surface area contributed by atoms with Gasteiger partial charge in [0.1, 0.15) is 0 Å². The van der Waals surface area contributed by atoms with Gasteiger partial charge in [-0.1, -0.05) is 25.4 Å². The molecule has 1 rings (SSSR count). The minimum absolute atomic E-state index is 0.455. The SMILES string of the molecule is Cc1c(C(C)C)c(Cl)nn1C. The van der Waals surface area contributed by atoms with E-state index in [1.807, 2.05) is 18.7 Å². The fourth-order valence-electron chi connectivity index (χ4n) is 1.24. The van der Waals surface area contributed by atoms with Crippen LogP contribution in [0.1, 0.15) is 31.0 Å². The third kappa shape index (κ3) is 1.41. The van der Waals surface area contributed by atoms with E-state index in [2.05, 4.69) is 18.9 Å². The van der Waals surface area contributed by atoms with Crippen molar-refractivity contribution in [1.29, 1.82) is 0 Å². The fourth-order valence-corrected chi connectivity index (χ4v) is 1.71. The zero-order valence-corrected chi connectivity index (χ0v) is 8.11. The van der Waals surface area contributed by atoms with E-state index in [9.17, 15) is 0 Å². The molecule has 0 unspecified atom stereocenters. The van der Waals surface area contributed by atoms with Crippen LogP contribution in [0.3, 0.4) is 0 Å². The van der Waals surface area contributed by atoms with E-state index < -0.39 is 0 Å². The number of nitrogens with zero attached hydrogens (tertiary/aromatic N) is 2. The third-order valence-corrected chi connectivity index (χ3v) is 2.19. The van der Waals surface area contributed by atoms with Crippen LogP contribution in [-0.2, 0) is 7.05 Å². The first-order valence-corrected chi connectivity index (χ1v) is 4.10. The van der Waals surface area contributed by atoms with E-state index in [0.717, 1.165) is 11.3 Å². The molecule has 1 aromatic heterocycles. The van der Waals surface area contributed by atoms with Crippen molar-refractivity contribution in [2.24, 2.45) is 7.05 Å². The molecular formula is C8H13ClN2. The van der Waals surface area contributed by atoms with Crippen LogP contribution in [0.25, 0.3) is 0 Å². The molecule has 1 heterocycles. The van der Waals surface area contributed by atoms with Gasteiger partial charge in [-0.05, 0) is 12.8 Å². The van der Waals surface area contributed by atoms with Crippen LogP contribution >= 0.6 is 11.6 Å². The molecule has 0 saturated heterocycles. The first-order valence-electron chi connectivity index (χ1n) is 3.73. The molecule has 3 heteroatoms. The average molecular weight is 173 g/mol. The van der Waals surface area contributed by atoms with Gasteiger partial charge in [-0.3, -0.25) is 4.68 Å². The van der Waals surface area contributed by atoms with Gasteiger partial charge in [-0.2, -0.15) is 5.10 Å². The Labute approximate surface area is 72.2 Å². The second-order valence-electron chi connectivity index (χ2n) is 3.07. The Morgan fingerprint density at radius 1 is 1.45 bits per heavy atom. The standard InChI is InChI=1S/C8H13ClN2/c1-5(2)7-6(3)11(4)10-8(7)9/h5H,1-4H3. The van der Waals surface area contributed by atoms with Gasteiger partial charge in [0.2, 0.25) is 0 Å². The zero-order valence-electron chi connectivity index (χ0n) is 7.35. The number of halogens is 1. The molecule has 0 fully saturated rings. The lowest BCUT2D eigenvalue weighted by molar-refractivity contribution is 0.733. The molecule has 1 aromatic rings. The molecule has 0 N–H and O–H groups in total. The summed E-state index contributed by atoms with van der Waals surface area (Å²) in [5.74, 6) is 0.455. The van der Waals surface area contributed by atoms with Crippen molar-refractivity contribution in [3.63, 3.8) is 0 Å². The van der Waals surface area contributed by atoms with Gasteiger partial charge in [0.25, 0.3) is 0 Å². The van der Waals surface area contributed by atoms with Crippen LogP contribution in [-0.4, -0.2) is 9.78 Å². The topological polar surface area (TPSA) is 17.8 Å². The molecule has 0 bridgehead atoms. The normalized spacial score (nSPS) is 11.1. The Morgan fingerprint density at radius 2 is 2.00 bits per heavy atom. The first kappa shape index (κ1) is 8.60. The molecular weight excluding hydrogens is 160 g/mol. The predicted octanol–water partition coefficient (Wildman–Crippen LogP) is 2.51. The van der Waals surface area contributed by atoms with Crippen molar-refractivity contribution < 1.29 is 0 Å². The third-order valence-electron chi connectivity index (χ3n) is 1.91. The number of hydrogen-bond donors (Lipinski definition) is 0. The summed E-state index contributed by atoms with van der Waals surface area (Å²) in [5.41, 5.74) is 2.32. The molecule has 0 spiro atoms. The molecule has 0 saturated carbocycles. The van der Waals surface area contributed by atoms with Gasteiger partial charge >= 0.3 is 0 Å². The minimum atomic E-state index is 0.455. The van der Waals surface area contributed by atoms with Gasteiger partial charge in [-0.15, -0.1) is 0 Å². The Kier molecular flexibility index (Phi) is 2.23. The van der Waals surface area contributed by atoms with Crippen LogP contribution in [0.2, 0.25) is 5.15 Å². The Balaban J connectivity index is 3.22. The summed E-state index contributed by atoms with van der Waals surface area (Å²) in [4.78, 5) is 0. The maximum atomic E-state index is 5.91. The van der Waals surface area contributed by atoms with E-state index in [1.54, 1.807) is 0 Å². The summed E-state index contributed by atoms with van der Waals surface area (Å²) >= 11 is 5.91. The van der Waals surface area contributed by atoms with Gasteiger partial charge in [0, 0.05) is 18.3 Å². The highest BCUT2D eigenvalue weighted by molar-refractivity contribution is 6.30. The smallest absolute Gasteiger partial charge is 0.154 e. The average Bonchev–Trinajstić information content (AvgIpc) is 2.07. The van der Waals surface area contributed by atoms with E-state index >= 15 is 0 Å². The lowest BCUT2D eigenvalue weighted by atomic mass is 10.1. The summed E-state index contributed by atoms with van der Waals surface area (Å²) in [6.07, 6.45) is 0. The summed E-state index contributed by atoms with van der Waals surface area (Å²) in [6, 6.07) is 0. The zero-order chi connectivity index (χ0) is 8.59. The lowest BCUT2D eigenvalue weighted by Gasteiger charge is -2.03. The van der Waals surface area contributed by atoms with Crippen LogP contribution in [0.15, 0.2) is 0 Å². The largest absolute Gasteiger partial charge is 0.271 e. The van der Waals surface area contributed by atoms with E-state index in [0.29, 0.717) is 11.1 Å². The van der Waals surface area contributed by atoms with Crippen molar-refractivity contribution >= 4 is 11.6 Å². The highest BCUT2D eigenvalue weighted by Crippen LogP contribution is 2.25. The van der Waals surface area contributed by atoms with Crippen molar-refractivity contribution in [1.82, 2.24) is 9.78 Å². The Bertz CT molecular complexity index is 263. The van der Waals surface area contributed by atoms with Crippen LogP contribution in [0.5, 0.6) is 0 Å². The van der Waals surface area contributed by atoms with E-state index in [-0.39, 0.29) is 0 Å². The molecule has 2 nitrogen and oxygen atoms in total. The van der Waals surface area contributed by atoms with Crippen molar-refractivity contribution in [3.05, 3.63) is 16.4 Å². The molecule has 0 amide bonds. The Hall–Kier alpha value is -0.500. The predicted molar refractivity (Wildman–Crippen MR) is 47.0 cm³/mol. The molecule has 0 aliphatic rings. The molecule has 0 atom stereocenters. The molecule has 0 aliphatic carbocycles. The number of rotatable bonds is 1. The molecule has 11 heavy (non-hydrogen) atoms. The van der Waals surface area contributed by atoms with Crippen LogP contribution < -0.4 is 0 Å². The fraction of sp³-hybridized carbons (Fsp3) is 0.625. The van der Waals surface area contributed by atoms with Gasteiger partial charge in [-0.25, -0.2) is 0 Å². The second kappa shape index (κ2) is 2.86. The molecule has 0 aliphatic heterocycles. The highest BCUT2D eigenvalue weighted by atomic mass is 35.5. The molecule has 0 radical (unpaired) electrons. The number of hydrogen-bond acceptors (Lipinski definition) is 1. The highest BCUT2D eigenvalue weighted by Gasteiger charge is 2.13. The summed E-state index contributed by atoms with van der Waals surface area (Å²) in [7, 11) is 1.91. The number of aryl methyl sites for hydroxylation is 1. The maximum absolute atomic E-state index is 5.91. The van der Waals surface area contributed by atoms with E-state index in [1.165, 1.54) is 0 Å². The van der Waals surface area contributed by atoms with Crippen molar-refractivity contribution in [2.45, 2.75) is 26.7 Å². The first-order chi connectivity index (χ1) is 5.04. The van der Waals surface area contributed by atoms with Crippen molar-refractivity contribution in [3.8, 4) is 0 Å². The minimum Gasteiger partial charge on any atom is -0.271 e. The molecule has 62 valence electrons. The number of aromatic nitrogens is 2.